The highest BCUT2D eigenvalue weighted by molar-refractivity contribution is 7.17. The molecule has 1 aromatic heterocycles. The van der Waals surface area contributed by atoms with E-state index in [0.29, 0.717) is 22.0 Å². The molecule has 0 spiro atoms. The molecule has 1 aliphatic carbocycles. The van der Waals surface area contributed by atoms with Crippen LogP contribution in [0, 0.1) is 12.8 Å². The number of amides is 2. The summed E-state index contributed by atoms with van der Waals surface area (Å²) in [6.07, 6.45) is 2.91. The van der Waals surface area contributed by atoms with Gasteiger partial charge in [-0.3, -0.25) is 9.59 Å². The Hall–Kier alpha value is -2.14. The Labute approximate surface area is 139 Å². The van der Waals surface area contributed by atoms with Gasteiger partial charge in [-0.1, -0.05) is 24.6 Å². The monoisotopic (exact) mass is 328 g/mol. The number of rotatable bonds is 3. The molecule has 1 aromatic carbocycles. The molecule has 4 nitrogen and oxygen atoms in total. The van der Waals surface area contributed by atoms with Crippen molar-refractivity contribution in [2.75, 3.05) is 5.32 Å². The number of carbonyl (C=O) groups is 2. The maximum Gasteiger partial charge on any atom is 0.256 e. The first-order valence-electron chi connectivity index (χ1n) is 7.78. The van der Waals surface area contributed by atoms with Crippen molar-refractivity contribution in [3.05, 3.63) is 51.4 Å². The highest BCUT2D eigenvalue weighted by Crippen LogP contribution is 2.39. The maximum atomic E-state index is 12.5. The third-order valence-corrected chi connectivity index (χ3v) is 5.47. The van der Waals surface area contributed by atoms with E-state index < -0.39 is 5.91 Å². The smallest absolute Gasteiger partial charge is 0.256 e. The predicted octanol–water partition coefficient (Wildman–Crippen LogP) is 3.53. The number of benzene rings is 1. The van der Waals surface area contributed by atoms with E-state index in [1.165, 1.54) is 16.2 Å². The van der Waals surface area contributed by atoms with E-state index in [-0.39, 0.29) is 5.91 Å². The molecule has 0 bridgehead atoms. The molecular weight excluding hydrogens is 308 g/mol. The van der Waals surface area contributed by atoms with Gasteiger partial charge in [-0.2, -0.15) is 0 Å². The first-order chi connectivity index (χ1) is 11.0. The van der Waals surface area contributed by atoms with Gasteiger partial charge in [0.2, 0.25) is 0 Å². The van der Waals surface area contributed by atoms with Crippen molar-refractivity contribution in [2.24, 2.45) is 11.7 Å². The van der Waals surface area contributed by atoms with E-state index in [1.807, 2.05) is 25.1 Å². The number of primary amides is 1. The number of nitrogens with two attached hydrogens (primary N) is 1. The van der Waals surface area contributed by atoms with E-state index in [1.54, 1.807) is 6.07 Å². The number of nitrogens with one attached hydrogen (secondary N) is 1. The van der Waals surface area contributed by atoms with Gasteiger partial charge in [-0.05, 0) is 49.8 Å². The van der Waals surface area contributed by atoms with Crippen molar-refractivity contribution in [1.82, 2.24) is 0 Å². The highest BCUT2D eigenvalue weighted by Gasteiger charge is 2.27. The zero-order valence-corrected chi connectivity index (χ0v) is 14.1. The first kappa shape index (κ1) is 15.7. The molecule has 23 heavy (non-hydrogen) atoms. The summed E-state index contributed by atoms with van der Waals surface area (Å²) in [6.45, 7) is 4.12. The summed E-state index contributed by atoms with van der Waals surface area (Å²) < 4.78 is 0. The van der Waals surface area contributed by atoms with Gasteiger partial charge in [0, 0.05) is 10.4 Å². The molecule has 0 radical (unpaired) electrons. The van der Waals surface area contributed by atoms with Gasteiger partial charge in [0.15, 0.2) is 0 Å². The summed E-state index contributed by atoms with van der Waals surface area (Å²) in [4.78, 5) is 25.6. The van der Waals surface area contributed by atoms with Crippen LogP contribution >= 0.6 is 11.3 Å². The average molecular weight is 328 g/mol. The van der Waals surface area contributed by atoms with Crippen LogP contribution in [0.2, 0.25) is 0 Å². The number of anilines is 1. The Bertz CT molecular complexity index is 779. The molecule has 1 atom stereocenters. The van der Waals surface area contributed by atoms with Gasteiger partial charge in [-0.25, -0.2) is 0 Å². The van der Waals surface area contributed by atoms with E-state index in [2.05, 4.69) is 12.2 Å². The Kier molecular flexibility index (Phi) is 4.22. The van der Waals surface area contributed by atoms with Crippen molar-refractivity contribution < 1.29 is 9.59 Å². The molecule has 1 heterocycles. The molecule has 1 unspecified atom stereocenters. The zero-order chi connectivity index (χ0) is 16.6. The lowest BCUT2D eigenvalue weighted by atomic mass is 9.87. The zero-order valence-electron chi connectivity index (χ0n) is 13.3. The van der Waals surface area contributed by atoms with Crippen LogP contribution in [0.25, 0.3) is 0 Å². The van der Waals surface area contributed by atoms with Crippen LogP contribution in [0.5, 0.6) is 0 Å². The van der Waals surface area contributed by atoms with Crippen molar-refractivity contribution in [2.45, 2.75) is 33.1 Å². The van der Waals surface area contributed by atoms with Crippen molar-refractivity contribution in [1.29, 1.82) is 0 Å². The van der Waals surface area contributed by atoms with Gasteiger partial charge < -0.3 is 11.1 Å². The Balaban J connectivity index is 1.94. The van der Waals surface area contributed by atoms with Crippen molar-refractivity contribution in [3.63, 3.8) is 0 Å². The summed E-state index contributed by atoms with van der Waals surface area (Å²) >= 11 is 1.49. The minimum atomic E-state index is -0.462. The second-order valence-electron chi connectivity index (χ2n) is 6.24. The molecule has 1 aliphatic rings. The van der Waals surface area contributed by atoms with Crippen LogP contribution in [-0.4, -0.2) is 11.8 Å². The van der Waals surface area contributed by atoms with Crippen LogP contribution in [0.1, 0.15) is 50.1 Å². The summed E-state index contributed by atoms with van der Waals surface area (Å²) in [5.74, 6) is -0.130. The van der Waals surface area contributed by atoms with Gasteiger partial charge in [0.05, 0.1) is 5.56 Å². The molecular formula is C18H20N2O2S. The van der Waals surface area contributed by atoms with Gasteiger partial charge in [0.25, 0.3) is 11.8 Å². The third kappa shape index (κ3) is 3.15. The Morgan fingerprint density at radius 3 is 2.83 bits per heavy atom. The number of thiophene rings is 1. The van der Waals surface area contributed by atoms with Crippen LogP contribution < -0.4 is 11.1 Å². The number of aryl methyl sites for hydroxylation is 2. The third-order valence-electron chi connectivity index (χ3n) is 4.26. The summed E-state index contributed by atoms with van der Waals surface area (Å²) in [5.41, 5.74) is 8.71. The summed E-state index contributed by atoms with van der Waals surface area (Å²) in [5, 5.41) is 3.47. The number of hydrogen-bond donors (Lipinski definition) is 2. The minimum Gasteiger partial charge on any atom is -0.365 e. The lowest BCUT2D eigenvalue weighted by Crippen LogP contribution is -2.19. The molecule has 3 N–H and O–H groups in total. The molecule has 0 saturated carbocycles. The highest BCUT2D eigenvalue weighted by atomic mass is 32.1. The summed E-state index contributed by atoms with van der Waals surface area (Å²) in [6, 6.07) is 7.38. The van der Waals surface area contributed by atoms with E-state index in [0.717, 1.165) is 30.4 Å². The Morgan fingerprint density at radius 2 is 2.13 bits per heavy atom. The lowest BCUT2D eigenvalue weighted by Gasteiger charge is -2.18. The number of hydrogen-bond acceptors (Lipinski definition) is 3. The molecule has 0 fully saturated rings. The van der Waals surface area contributed by atoms with Crippen LogP contribution in [0.15, 0.2) is 24.3 Å². The molecule has 0 saturated heterocycles. The molecule has 2 aromatic rings. The van der Waals surface area contributed by atoms with Crippen molar-refractivity contribution in [3.8, 4) is 0 Å². The van der Waals surface area contributed by atoms with Gasteiger partial charge >= 0.3 is 0 Å². The van der Waals surface area contributed by atoms with E-state index in [4.69, 9.17) is 5.73 Å². The lowest BCUT2D eigenvalue weighted by molar-refractivity contribution is 0.1000. The normalized spacial score (nSPS) is 16.7. The second-order valence-corrected chi connectivity index (χ2v) is 7.35. The van der Waals surface area contributed by atoms with Gasteiger partial charge in [-0.15, -0.1) is 11.3 Å². The van der Waals surface area contributed by atoms with E-state index >= 15 is 0 Å². The first-order valence-corrected chi connectivity index (χ1v) is 8.59. The predicted molar refractivity (Wildman–Crippen MR) is 93.2 cm³/mol. The van der Waals surface area contributed by atoms with Gasteiger partial charge in [0.1, 0.15) is 5.00 Å². The topological polar surface area (TPSA) is 72.2 Å². The quantitative estimate of drug-likeness (QED) is 0.904. The Morgan fingerprint density at radius 1 is 1.35 bits per heavy atom. The average Bonchev–Trinajstić information content (AvgIpc) is 2.84. The molecule has 5 heteroatoms. The molecule has 0 aliphatic heterocycles. The van der Waals surface area contributed by atoms with Crippen molar-refractivity contribution >= 4 is 28.2 Å². The SMILES string of the molecule is Cc1cccc(C(=O)Nc2sc3c(c2C(N)=O)CC(C)CC3)c1. The molecule has 2 amide bonds. The largest absolute Gasteiger partial charge is 0.365 e. The van der Waals surface area contributed by atoms with E-state index in [9.17, 15) is 9.59 Å². The summed E-state index contributed by atoms with van der Waals surface area (Å²) in [7, 11) is 0. The van der Waals surface area contributed by atoms with Crippen LogP contribution in [0.4, 0.5) is 5.00 Å². The van der Waals surface area contributed by atoms with Crippen LogP contribution in [-0.2, 0) is 12.8 Å². The fraction of sp³-hybridized carbons (Fsp3) is 0.333. The second kappa shape index (κ2) is 6.16. The maximum absolute atomic E-state index is 12.5. The molecule has 3 rings (SSSR count). The minimum absolute atomic E-state index is 0.206. The van der Waals surface area contributed by atoms with Crippen LogP contribution in [0.3, 0.4) is 0 Å². The fourth-order valence-electron chi connectivity index (χ4n) is 3.07. The number of carbonyl (C=O) groups excluding carboxylic acids is 2. The molecule has 120 valence electrons. The fourth-order valence-corrected chi connectivity index (χ4v) is 4.31. The standard InChI is InChI=1S/C18H20N2O2S/c1-10-4-3-5-12(8-10)17(22)20-18-15(16(19)21)13-9-11(2)6-7-14(13)23-18/h3-5,8,11H,6-7,9H2,1-2H3,(H2,19,21)(H,20,22). The number of fused-ring (bicyclic) bond motifs is 1.